The molecule has 4 heteroatoms. The van der Waals surface area contributed by atoms with Gasteiger partial charge in [0.25, 0.3) is 0 Å². The second kappa shape index (κ2) is 8.22. The molecule has 3 aromatic rings. The molecule has 1 aliphatic rings. The topological polar surface area (TPSA) is 15.6 Å². The van der Waals surface area contributed by atoms with E-state index in [9.17, 15) is 0 Å². The molecule has 0 atom stereocenters. The van der Waals surface area contributed by atoms with E-state index < -0.39 is 0 Å². The quantitative estimate of drug-likeness (QED) is 0.477. The summed E-state index contributed by atoms with van der Waals surface area (Å²) in [5.74, 6) is 0. The molecule has 0 N–H and O–H groups in total. The van der Waals surface area contributed by atoms with Crippen LogP contribution in [-0.2, 0) is 0 Å². The largest absolute Gasteiger partial charge is 0.372 e. The van der Waals surface area contributed by atoms with Crippen LogP contribution in [0, 0.1) is 0 Å². The third-order valence-electron chi connectivity index (χ3n) is 4.89. The van der Waals surface area contributed by atoms with Crippen molar-refractivity contribution in [1.29, 1.82) is 0 Å². The van der Waals surface area contributed by atoms with Gasteiger partial charge in [-0.25, -0.2) is 0 Å². The van der Waals surface area contributed by atoms with Crippen LogP contribution in [-0.4, -0.2) is 25.8 Å². The fraction of sp³-hybridized carbons (Fsp3) is 0.125. The molecule has 0 radical (unpaired) electrons. The summed E-state index contributed by atoms with van der Waals surface area (Å²) in [6.07, 6.45) is 4.08. The molecular weight excluding hydrogens is 387 g/mol. The predicted molar refractivity (Wildman–Crippen MR) is 122 cm³/mol. The van der Waals surface area contributed by atoms with E-state index in [0.29, 0.717) is 10.0 Å². The van der Waals surface area contributed by atoms with Crippen LogP contribution in [0.2, 0.25) is 10.0 Å². The first-order valence-electron chi connectivity index (χ1n) is 9.20. The number of benzodiazepines with no additional fused rings is 1. The second-order valence-electron chi connectivity index (χ2n) is 6.79. The minimum atomic E-state index is 0.555. The maximum atomic E-state index is 6.13. The minimum absolute atomic E-state index is 0.555. The number of rotatable bonds is 3. The summed E-state index contributed by atoms with van der Waals surface area (Å²) in [7, 11) is 2.12. The minimum Gasteiger partial charge on any atom is -0.372 e. The van der Waals surface area contributed by atoms with Crippen LogP contribution in [0.25, 0.3) is 17.2 Å². The third-order valence-corrected chi connectivity index (χ3v) is 5.63. The van der Waals surface area contributed by atoms with Gasteiger partial charge in [0, 0.05) is 24.8 Å². The van der Waals surface area contributed by atoms with E-state index in [1.54, 1.807) is 0 Å². The van der Waals surface area contributed by atoms with Crippen molar-refractivity contribution in [2.45, 2.75) is 0 Å². The number of anilines is 1. The molecule has 0 aliphatic carbocycles. The van der Waals surface area contributed by atoms with Crippen molar-refractivity contribution < 1.29 is 0 Å². The molecular formula is C24H20Cl2N2. The van der Waals surface area contributed by atoms with Gasteiger partial charge in [-0.15, -0.1) is 0 Å². The predicted octanol–water partition coefficient (Wildman–Crippen LogP) is 6.61. The van der Waals surface area contributed by atoms with Crippen LogP contribution < -0.4 is 4.90 Å². The summed E-state index contributed by atoms with van der Waals surface area (Å²) in [5.41, 5.74) is 6.73. The molecule has 0 saturated carbocycles. The van der Waals surface area contributed by atoms with Crippen LogP contribution in [0.5, 0.6) is 0 Å². The maximum Gasteiger partial charge on any atom is 0.0668 e. The van der Waals surface area contributed by atoms with Crippen molar-refractivity contribution in [2.24, 2.45) is 4.99 Å². The molecule has 0 bridgehead atoms. The van der Waals surface area contributed by atoms with E-state index >= 15 is 0 Å². The number of benzene rings is 3. The van der Waals surface area contributed by atoms with Gasteiger partial charge in [-0.2, -0.15) is 0 Å². The SMILES string of the molecule is CN1CCN=C(/C=C/c2ccc(Cl)c(Cl)c2)c2ccc(-c3ccccc3)cc21. The molecule has 3 aromatic carbocycles. The molecule has 0 aromatic heterocycles. The second-order valence-corrected chi connectivity index (χ2v) is 7.61. The Morgan fingerprint density at radius 2 is 1.68 bits per heavy atom. The molecule has 1 aliphatic heterocycles. The first-order valence-corrected chi connectivity index (χ1v) is 9.96. The Kier molecular flexibility index (Phi) is 5.52. The summed E-state index contributed by atoms with van der Waals surface area (Å²) < 4.78 is 0. The number of hydrogen-bond acceptors (Lipinski definition) is 2. The van der Waals surface area contributed by atoms with Gasteiger partial charge < -0.3 is 4.90 Å². The number of halogens is 2. The number of hydrogen-bond donors (Lipinski definition) is 0. The van der Waals surface area contributed by atoms with Gasteiger partial charge >= 0.3 is 0 Å². The van der Waals surface area contributed by atoms with Crippen LogP contribution in [0.15, 0.2) is 77.8 Å². The first kappa shape index (κ1) is 18.8. The Morgan fingerprint density at radius 3 is 2.46 bits per heavy atom. The summed E-state index contributed by atoms with van der Waals surface area (Å²) >= 11 is 12.1. The fourth-order valence-electron chi connectivity index (χ4n) is 3.33. The van der Waals surface area contributed by atoms with Crippen LogP contribution >= 0.6 is 23.2 Å². The summed E-state index contributed by atoms with van der Waals surface area (Å²) in [6, 6.07) is 22.6. The van der Waals surface area contributed by atoms with Gasteiger partial charge in [0.2, 0.25) is 0 Å². The first-order chi connectivity index (χ1) is 13.6. The third kappa shape index (κ3) is 3.99. The Bertz CT molecular complexity index is 1060. The Balaban J connectivity index is 1.70. The average Bonchev–Trinajstić information content (AvgIpc) is 2.88. The van der Waals surface area contributed by atoms with E-state index in [4.69, 9.17) is 28.2 Å². The highest BCUT2D eigenvalue weighted by molar-refractivity contribution is 6.42. The molecule has 140 valence electrons. The molecule has 0 unspecified atom stereocenters. The van der Waals surface area contributed by atoms with Crippen molar-refractivity contribution >= 4 is 40.7 Å². The molecule has 0 amide bonds. The van der Waals surface area contributed by atoms with Crippen LogP contribution in [0.1, 0.15) is 11.1 Å². The molecule has 1 heterocycles. The highest BCUT2D eigenvalue weighted by Gasteiger charge is 2.15. The number of fused-ring (bicyclic) bond motifs is 1. The number of allylic oxidation sites excluding steroid dienone is 1. The smallest absolute Gasteiger partial charge is 0.0668 e. The van der Waals surface area contributed by atoms with Crippen LogP contribution in [0.4, 0.5) is 5.69 Å². The highest BCUT2D eigenvalue weighted by atomic mass is 35.5. The van der Waals surface area contributed by atoms with Crippen molar-refractivity contribution in [3.05, 3.63) is 94.0 Å². The van der Waals surface area contributed by atoms with Gasteiger partial charge in [0.15, 0.2) is 0 Å². The molecule has 4 rings (SSSR count). The van der Waals surface area contributed by atoms with Gasteiger partial charge in [0.1, 0.15) is 0 Å². The van der Waals surface area contributed by atoms with Gasteiger partial charge in [-0.05, 0) is 41.0 Å². The maximum absolute atomic E-state index is 6.13. The monoisotopic (exact) mass is 406 g/mol. The zero-order valence-corrected chi connectivity index (χ0v) is 17.1. The van der Waals surface area contributed by atoms with Gasteiger partial charge in [-0.1, -0.05) is 77.8 Å². The van der Waals surface area contributed by atoms with Gasteiger partial charge in [-0.3, -0.25) is 4.99 Å². The van der Waals surface area contributed by atoms with Crippen molar-refractivity contribution in [3.63, 3.8) is 0 Å². The van der Waals surface area contributed by atoms with Crippen LogP contribution in [0.3, 0.4) is 0 Å². The summed E-state index contributed by atoms with van der Waals surface area (Å²) in [6.45, 7) is 1.64. The van der Waals surface area contributed by atoms with Crippen molar-refractivity contribution in [2.75, 3.05) is 25.0 Å². The zero-order valence-electron chi connectivity index (χ0n) is 15.6. The highest BCUT2D eigenvalue weighted by Crippen LogP contribution is 2.30. The molecule has 28 heavy (non-hydrogen) atoms. The molecule has 0 saturated heterocycles. The lowest BCUT2D eigenvalue weighted by molar-refractivity contribution is 0.897. The molecule has 0 spiro atoms. The summed E-state index contributed by atoms with van der Waals surface area (Å²) in [4.78, 5) is 7.07. The Labute approximate surface area is 175 Å². The zero-order chi connectivity index (χ0) is 19.5. The molecule has 0 fully saturated rings. The van der Waals surface area contributed by atoms with Crippen molar-refractivity contribution in [3.8, 4) is 11.1 Å². The van der Waals surface area contributed by atoms with E-state index in [-0.39, 0.29) is 0 Å². The standard InChI is InChI=1S/C24H20Cl2N2/c1-28-14-13-27-23(12-8-17-7-11-21(25)22(26)15-17)20-10-9-19(16-24(20)28)18-5-3-2-4-6-18/h2-12,15-16H,13-14H2,1H3/b12-8+. The lowest BCUT2D eigenvalue weighted by Gasteiger charge is -2.20. The molecule has 2 nitrogen and oxygen atoms in total. The van der Waals surface area contributed by atoms with Crippen molar-refractivity contribution in [1.82, 2.24) is 0 Å². The van der Waals surface area contributed by atoms with E-state index in [2.05, 4.69) is 60.5 Å². The van der Waals surface area contributed by atoms with E-state index in [1.165, 1.54) is 16.8 Å². The lowest BCUT2D eigenvalue weighted by Crippen LogP contribution is -2.20. The Hall–Kier alpha value is -2.55. The number of aliphatic imine (C=N–C) groups is 1. The van der Waals surface area contributed by atoms with E-state index in [0.717, 1.165) is 29.9 Å². The Morgan fingerprint density at radius 1 is 0.857 bits per heavy atom. The average molecular weight is 407 g/mol. The fourth-order valence-corrected chi connectivity index (χ4v) is 3.64. The summed E-state index contributed by atoms with van der Waals surface area (Å²) in [5, 5.41) is 1.12. The van der Waals surface area contributed by atoms with Gasteiger partial charge in [0.05, 0.1) is 22.3 Å². The number of likely N-dealkylation sites (N-methyl/N-ethyl adjacent to an activating group) is 1. The number of nitrogens with zero attached hydrogens (tertiary/aromatic N) is 2. The van der Waals surface area contributed by atoms with E-state index in [1.807, 2.05) is 30.3 Å². The lowest BCUT2D eigenvalue weighted by atomic mass is 9.99. The normalized spacial score (nSPS) is 14.0.